The van der Waals surface area contributed by atoms with Crippen LogP contribution in [0.25, 0.3) is 0 Å². The molecule has 1 aromatic rings. The Labute approximate surface area is 115 Å². The molecule has 0 atom stereocenters. The Morgan fingerprint density at radius 2 is 1.68 bits per heavy atom. The molecule has 1 saturated carbocycles. The van der Waals surface area contributed by atoms with Crippen molar-refractivity contribution in [2.45, 2.75) is 57.7 Å². The van der Waals surface area contributed by atoms with Crippen molar-refractivity contribution in [2.24, 2.45) is 5.73 Å². The number of aryl methyl sites for hydroxylation is 1. The molecule has 0 aromatic heterocycles. The SMILES string of the molecule is Cc1cc2c(cc1C1(CN)CCCC1)OC(C)(C)O2. The summed E-state index contributed by atoms with van der Waals surface area (Å²) in [5.74, 6) is 1.17. The van der Waals surface area contributed by atoms with Gasteiger partial charge in [-0.25, -0.2) is 0 Å². The van der Waals surface area contributed by atoms with Gasteiger partial charge in [0.1, 0.15) is 0 Å². The largest absolute Gasteiger partial charge is 0.449 e. The first kappa shape index (κ1) is 12.8. The van der Waals surface area contributed by atoms with E-state index in [1.165, 1.54) is 36.8 Å². The Bertz CT molecular complexity index is 502. The predicted molar refractivity (Wildman–Crippen MR) is 75.7 cm³/mol. The van der Waals surface area contributed by atoms with E-state index in [0.29, 0.717) is 0 Å². The molecule has 1 aromatic carbocycles. The Hall–Kier alpha value is -1.22. The first-order valence-electron chi connectivity index (χ1n) is 7.19. The topological polar surface area (TPSA) is 44.5 Å². The summed E-state index contributed by atoms with van der Waals surface area (Å²) in [6, 6.07) is 4.27. The quantitative estimate of drug-likeness (QED) is 0.888. The van der Waals surface area contributed by atoms with Crippen molar-refractivity contribution in [3.63, 3.8) is 0 Å². The molecule has 0 amide bonds. The molecule has 19 heavy (non-hydrogen) atoms. The summed E-state index contributed by atoms with van der Waals surface area (Å²) in [5.41, 5.74) is 8.87. The van der Waals surface area contributed by atoms with E-state index in [1.807, 2.05) is 13.8 Å². The van der Waals surface area contributed by atoms with Crippen molar-refractivity contribution in [1.29, 1.82) is 0 Å². The molecular weight excluding hydrogens is 238 g/mol. The minimum absolute atomic E-state index is 0.148. The van der Waals surface area contributed by atoms with E-state index in [-0.39, 0.29) is 5.41 Å². The number of ether oxygens (including phenoxy) is 2. The molecule has 1 heterocycles. The molecule has 0 saturated heterocycles. The molecule has 0 spiro atoms. The number of fused-ring (bicyclic) bond motifs is 1. The molecule has 1 aliphatic carbocycles. The normalized spacial score (nSPS) is 22.7. The maximum Gasteiger partial charge on any atom is 0.246 e. The van der Waals surface area contributed by atoms with Gasteiger partial charge in [0.25, 0.3) is 0 Å². The van der Waals surface area contributed by atoms with Crippen molar-refractivity contribution >= 4 is 0 Å². The van der Waals surface area contributed by atoms with Crippen molar-refractivity contribution in [1.82, 2.24) is 0 Å². The van der Waals surface area contributed by atoms with Crippen LogP contribution >= 0.6 is 0 Å². The van der Waals surface area contributed by atoms with Gasteiger partial charge in [-0.05, 0) is 43.0 Å². The van der Waals surface area contributed by atoms with Gasteiger partial charge in [-0.1, -0.05) is 12.8 Å². The zero-order valence-electron chi connectivity index (χ0n) is 12.1. The van der Waals surface area contributed by atoms with Crippen LogP contribution in [0.3, 0.4) is 0 Å². The van der Waals surface area contributed by atoms with Crippen molar-refractivity contribution < 1.29 is 9.47 Å². The molecule has 1 fully saturated rings. The summed E-state index contributed by atoms with van der Waals surface area (Å²) in [4.78, 5) is 0. The van der Waals surface area contributed by atoms with Crippen molar-refractivity contribution in [2.75, 3.05) is 6.54 Å². The van der Waals surface area contributed by atoms with Crippen LogP contribution in [0.4, 0.5) is 0 Å². The van der Waals surface area contributed by atoms with E-state index in [4.69, 9.17) is 15.2 Å². The van der Waals surface area contributed by atoms with Crippen LogP contribution in [0.2, 0.25) is 0 Å². The van der Waals surface area contributed by atoms with Crippen LogP contribution in [0, 0.1) is 6.92 Å². The van der Waals surface area contributed by atoms with Crippen molar-refractivity contribution in [3.05, 3.63) is 23.3 Å². The van der Waals surface area contributed by atoms with Crippen molar-refractivity contribution in [3.8, 4) is 11.5 Å². The van der Waals surface area contributed by atoms with Crippen LogP contribution in [-0.4, -0.2) is 12.3 Å². The van der Waals surface area contributed by atoms with Crippen LogP contribution < -0.4 is 15.2 Å². The Kier molecular flexibility index (Phi) is 2.79. The minimum Gasteiger partial charge on any atom is -0.449 e. The van der Waals surface area contributed by atoms with Crippen LogP contribution in [-0.2, 0) is 5.41 Å². The van der Waals surface area contributed by atoms with Gasteiger partial charge >= 0.3 is 0 Å². The van der Waals surface area contributed by atoms with Gasteiger partial charge in [0.2, 0.25) is 5.79 Å². The summed E-state index contributed by atoms with van der Waals surface area (Å²) in [7, 11) is 0. The van der Waals surface area contributed by atoms with Gasteiger partial charge in [0, 0.05) is 25.8 Å². The smallest absolute Gasteiger partial charge is 0.246 e. The third-order valence-corrected chi connectivity index (χ3v) is 4.52. The molecule has 1 aliphatic heterocycles. The molecule has 2 N–H and O–H groups in total. The zero-order chi connectivity index (χ0) is 13.7. The number of rotatable bonds is 2. The molecular formula is C16H23NO2. The standard InChI is InChI=1S/C16H23NO2/c1-11-8-13-14(19-15(2,3)18-13)9-12(11)16(10-17)6-4-5-7-16/h8-9H,4-7,10,17H2,1-3H3. The molecule has 0 unspecified atom stereocenters. The van der Waals surface area contributed by atoms with E-state index >= 15 is 0 Å². The fourth-order valence-electron chi connectivity index (χ4n) is 3.58. The number of nitrogens with two attached hydrogens (primary N) is 1. The average Bonchev–Trinajstić information content (AvgIpc) is 2.91. The second-order valence-corrected chi connectivity index (χ2v) is 6.41. The molecule has 0 radical (unpaired) electrons. The first-order valence-corrected chi connectivity index (χ1v) is 7.19. The Balaban J connectivity index is 2.05. The van der Waals surface area contributed by atoms with Crippen LogP contribution in [0.5, 0.6) is 11.5 Å². The van der Waals surface area contributed by atoms with E-state index in [9.17, 15) is 0 Å². The number of hydrogen-bond acceptors (Lipinski definition) is 3. The second-order valence-electron chi connectivity index (χ2n) is 6.41. The molecule has 0 bridgehead atoms. The van der Waals surface area contributed by atoms with E-state index in [0.717, 1.165) is 18.0 Å². The maximum absolute atomic E-state index is 6.10. The molecule has 3 rings (SSSR count). The highest BCUT2D eigenvalue weighted by atomic mass is 16.7. The number of benzene rings is 1. The lowest BCUT2D eigenvalue weighted by Crippen LogP contribution is -2.32. The highest BCUT2D eigenvalue weighted by Gasteiger charge is 2.38. The number of hydrogen-bond donors (Lipinski definition) is 1. The fourth-order valence-corrected chi connectivity index (χ4v) is 3.58. The second kappa shape index (κ2) is 4.14. The zero-order valence-corrected chi connectivity index (χ0v) is 12.1. The first-order chi connectivity index (χ1) is 8.96. The highest BCUT2D eigenvalue weighted by Crippen LogP contribution is 2.47. The van der Waals surface area contributed by atoms with Gasteiger partial charge in [0.15, 0.2) is 11.5 Å². The Morgan fingerprint density at radius 3 is 2.26 bits per heavy atom. The van der Waals surface area contributed by atoms with Gasteiger partial charge in [-0.2, -0.15) is 0 Å². The van der Waals surface area contributed by atoms with E-state index < -0.39 is 5.79 Å². The van der Waals surface area contributed by atoms with E-state index in [1.54, 1.807) is 0 Å². The van der Waals surface area contributed by atoms with Crippen LogP contribution in [0.1, 0.15) is 50.7 Å². The summed E-state index contributed by atoms with van der Waals surface area (Å²) in [6.07, 6.45) is 4.92. The molecule has 3 heteroatoms. The molecule has 2 aliphatic rings. The lowest BCUT2D eigenvalue weighted by molar-refractivity contribution is -0.0431. The van der Waals surface area contributed by atoms with Gasteiger partial charge in [-0.3, -0.25) is 0 Å². The van der Waals surface area contributed by atoms with Gasteiger partial charge in [-0.15, -0.1) is 0 Å². The fraction of sp³-hybridized carbons (Fsp3) is 0.625. The maximum atomic E-state index is 6.10. The van der Waals surface area contributed by atoms with Gasteiger partial charge in [0.05, 0.1) is 0 Å². The molecule has 3 nitrogen and oxygen atoms in total. The summed E-state index contributed by atoms with van der Waals surface area (Å²) >= 11 is 0. The van der Waals surface area contributed by atoms with Gasteiger partial charge < -0.3 is 15.2 Å². The molecule has 104 valence electrons. The lowest BCUT2D eigenvalue weighted by atomic mass is 9.77. The lowest BCUT2D eigenvalue weighted by Gasteiger charge is -2.29. The minimum atomic E-state index is -0.557. The highest BCUT2D eigenvalue weighted by molar-refractivity contribution is 5.52. The summed E-state index contributed by atoms with van der Waals surface area (Å²) in [6.45, 7) is 6.75. The summed E-state index contributed by atoms with van der Waals surface area (Å²) in [5, 5.41) is 0. The average molecular weight is 261 g/mol. The Morgan fingerprint density at radius 1 is 1.11 bits per heavy atom. The van der Waals surface area contributed by atoms with E-state index in [2.05, 4.69) is 19.1 Å². The third kappa shape index (κ3) is 2.00. The monoisotopic (exact) mass is 261 g/mol. The summed E-state index contributed by atoms with van der Waals surface area (Å²) < 4.78 is 11.7. The van der Waals surface area contributed by atoms with Crippen LogP contribution in [0.15, 0.2) is 12.1 Å². The third-order valence-electron chi connectivity index (χ3n) is 4.52. The predicted octanol–water partition coefficient (Wildman–Crippen LogP) is 3.27.